The molecule has 0 aliphatic heterocycles. The van der Waals surface area contributed by atoms with Crippen molar-refractivity contribution in [3.63, 3.8) is 0 Å². The number of nitrogens with zero attached hydrogens (tertiary/aromatic N) is 1. The van der Waals surface area contributed by atoms with Gasteiger partial charge in [-0.05, 0) is 25.3 Å². The monoisotopic (exact) mass is 269 g/mol. The summed E-state index contributed by atoms with van der Waals surface area (Å²) in [5, 5.41) is 3.59. The predicted molar refractivity (Wildman–Crippen MR) is 81.6 cm³/mol. The molecular formula is C17H23N3. The van der Waals surface area contributed by atoms with Gasteiger partial charge in [-0.3, -0.25) is 0 Å². The third kappa shape index (κ3) is 2.78. The van der Waals surface area contributed by atoms with Crippen LogP contribution in [0, 0.1) is 6.92 Å². The minimum absolute atomic E-state index is 0.318. The topological polar surface area (TPSA) is 40.7 Å². The molecule has 0 radical (unpaired) electrons. The SMILES string of the molecule is Cc1cccc(C2(CNCc3ncc[nH]3)CCCC2)c1. The minimum atomic E-state index is 0.318. The van der Waals surface area contributed by atoms with Crippen molar-refractivity contribution >= 4 is 0 Å². The zero-order valence-corrected chi connectivity index (χ0v) is 12.2. The highest BCUT2D eigenvalue weighted by molar-refractivity contribution is 5.31. The zero-order valence-electron chi connectivity index (χ0n) is 12.2. The van der Waals surface area contributed by atoms with E-state index in [0.29, 0.717) is 5.41 Å². The van der Waals surface area contributed by atoms with E-state index in [1.54, 1.807) is 0 Å². The molecule has 106 valence electrons. The van der Waals surface area contributed by atoms with Gasteiger partial charge in [-0.15, -0.1) is 0 Å². The molecule has 1 saturated carbocycles. The average Bonchev–Trinajstić information content (AvgIpc) is 3.11. The molecule has 0 saturated heterocycles. The molecule has 0 atom stereocenters. The van der Waals surface area contributed by atoms with Gasteiger partial charge in [-0.25, -0.2) is 4.98 Å². The Morgan fingerprint density at radius 2 is 2.15 bits per heavy atom. The number of H-pyrrole nitrogens is 1. The van der Waals surface area contributed by atoms with E-state index < -0.39 is 0 Å². The highest BCUT2D eigenvalue weighted by Crippen LogP contribution is 2.40. The maximum absolute atomic E-state index is 4.27. The summed E-state index contributed by atoms with van der Waals surface area (Å²) in [5.74, 6) is 1.02. The maximum atomic E-state index is 4.27. The van der Waals surface area contributed by atoms with Crippen LogP contribution >= 0.6 is 0 Å². The van der Waals surface area contributed by atoms with Gasteiger partial charge >= 0.3 is 0 Å². The molecule has 20 heavy (non-hydrogen) atoms. The molecule has 1 aromatic heterocycles. The Bertz CT molecular complexity index is 539. The van der Waals surface area contributed by atoms with Gasteiger partial charge < -0.3 is 10.3 Å². The highest BCUT2D eigenvalue weighted by Gasteiger charge is 2.35. The Morgan fingerprint density at radius 1 is 1.30 bits per heavy atom. The minimum Gasteiger partial charge on any atom is -0.348 e. The number of hydrogen-bond donors (Lipinski definition) is 2. The normalized spacial score (nSPS) is 17.4. The van der Waals surface area contributed by atoms with Crippen LogP contribution in [0.2, 0.25) is 0 Å². The van der Waals surface area contributed by atoms with Crippen LogP contribution in [0.3, 0.4) is 0 Å². The summed E-state index contributed by atoms with van der Waals surface area (Å²) in [4.78, 5) is 7.42. The number of aromatic nitrogens is 2. The van der Waals surface area contributed by atoms with Crippen molar-refractivity contribution < 1.29 is 0 Å². The molecule has 0 spiro atoms. The molecular weight excluding hydrogens is 246 g/mol. The fraction of sp³-hybridized carbons (Fsp3) is 0.471. The quantitative estimate of drug-likeness (QED) is 0.874. The average molecular weight is 269 g/mol. The largest absolute Gasteiger partial charge is 0.348 e. The molecule has 0 amide bonds. The lowest BCUT2D eigenvalue weighted by Gasteiger charge is -2.30. The molecule has 3 rings (SSSR count). The van der Waals surface area contributed by atoms with E-state index in [0.717, 1.165) is 18.9 Å². The lowest BCUT2D eigenvalue weighted by molar-refractivity contribution is 0.402. The summed E-state index contributed by atoms with van der Waals surface area (Å²) < 4.78 is 0. The lowest BCUT2D eigenvalue weighted by Crippen LogP contribution is -2.35. The molecule has 1 aliphatic rings. The lowest BCUT2D eigenvalue weighted by atomic mass is 9.78. The smallest absolute Gasteiger partial charge is 0.120 e. The van der Waals surface area contributed by atoms with Crippen LogP contribution in [0.4, 0.5) is 0 Å². The van der Waals surface area contributed by atoms with Crippen molar-refractivity contribution in [2.45, 2.75) is 44.6 Å². The van der Waals surface area contributed by atoms with E-state index in [1.165, 1.54) is 36.8 Å². The van der Waals surface area contributed by atoms with Gasteiger partial charge in [0.15, 0.2) is 0 Å². The van der Waals surface area contributed by atoms with Crippen LogP contribution in [-0.4, -0.2) is 16.5 Å². The van der Waals surface area contributed by atoms with E-state index in [2.05, 4.69) is 46.5 Å². The van der Waals surface area contributed by atoms with Gasteiger partial charge in [0.25, 0.3) is 0 Å². The van der Waals surface area contributed by atoms with Crippen molar-refractivity contribution in [1.82, 2.24) is 15.3 Å². The van der Waals surface area contributed by atoms with Gasteiger partial charge in [0.1, 0.15) is 5.82 Å². The summed E-state index contributed by atoms with van der Waals surface area (Å²) in [7, 11) is 0. The predicted octanol–water partition coefficient (Wildman–Crippen LogP) is 3.32. The standard InChI is InChI=1S/C17H23N3/c1-14-5-4-6-15(11-14)17(7-2-3-8-17)13-18-12-16-19-9-10-20-16/h4-6,9-11,18H,2-3,7-8,12-13H2,1H3,(H,19,20). The number of imidazole rings is 1. The highest BCUT2D eigenvalue weighted by atomic mass is 15.0. The van der Waals surface area contributed by atoms with Crippen LogP contribution in [0.1, 0.15) is 42.6 Å². The third-order valence-electron chi connectivity index (χ3n) is 4.50. The van der Waals surface area contributed by atoms with Crippen molar-refractivity contribution in [3.05, 3.63) is 53.6 Å². The first-order valence-corrected chi connectivity index (χ1v) is 7.55. The van der Waals surface area contributed by atoms with Crippen LogP contribution in [0.25, 0.3) is 0 Å². The fourth-order valence-electron chi connectivity index (χ4n) is 3.41. The first-order valence-electron chi connectivity index (χ1n) is 7.55. The van der Waals surface area contributed by atoms with Gasteiger partial charge in [0.05, 0.1) is 6.54 Å². The molecule has 2 N–H and O–H groups in total. The number of nitrogens with one attached hydrogen (secondary N) is 2. The molecule has 0 unspecified atom stereocenters. The van der Waals surface area contributed by atoms with Gasteiger partial charge in [-0.2, -0.15) is 0 Å². The Kier molecular flexibility index (Phi) is 3.88. The van der Waals surface area contributed by atoms with Gasteiger partial charge in [0, 0.05) is 24.4 Å². The molecule has 3 nitrogen and oxygen atoms in total. The summed E-state index contributed by atoms with van der Waals surface area (Å²) in [6.07, 6.45) is 8.96. The summed E-state index contributed by atoms with van der Waals surface area (Å²) in [5.41, 5.74) is 3.18. The Morgan fingerprint density at radius 3 is 2.85 bits per heavy atom. The van der Waals surface area contributed by atoms with E-state index in [9.17, 15) is 0 Å². The summed E-state index contributed by atoms with van der Waals surface area (Å²) >= 11 is 0. The molecule has 1 aromatic carbocycles. The van der Waals surface area contributed by atoms with Gasteiger partial charge in [-0.1, -0.05) is 42.7 Å². The van der Waals surface area contributed by atoms with E-state index >= 15 is 0 Å². The molecule has 1 heterocycles. The number of aryl methyl sites for hydroxylation is 1. The first kappa shape index (κ1) is 13.4. The third-order valence-corrected chi connectivity index (χ3v) is 4.50. The fourth-order valence-corrected chi connectivity index (χ4v) is 3.41. The number of aromatic amines is 1. The second kappa shape index (κ2) is 5.80. The van der Waals surface area contributed by atoms with Crippen molar-refractivity contribution in [2.24, 2.45) is 0 Å². The first-order chi connectivity index (χ1) is 9.78. The summed E-state index contributed by atoms with van der Waals surface area (Å²) in [6, 6.07) is 9.03. The van der Waals surface area contributed by atoms with Crippen molar-refractivity contribution in [3.8, 4) is 0 Å². The van der Waals surface area contributed by atoms with E-state index in [1.807, 2.05) is 12.4 Å². The van der Waals surface area contributed by atoms with Crippen LogP contribution in [-0.2, 0) is 12.0 Å². The molecule has 0 bridgehead atoms. The second-order valence-electron chi connectivity index (χ2n) is 6.00. The Hall–Kier alpha value is -1.61. The Balaban J connectivity index is 1.71. The molecule has 2 aromatic rings. The molecule has 1 fully saturated rings. The van der Waals surface area contributed by atoms with Crippen molar-refractivity contribution in [2.75, 3.05) is 6.54 Å². The summed E-state index contributed by atoms with van der Waals surface area (Å²) in [6.45, 7) is 4.04. The number of hydrogen-bond acceptors (Lipinski definition) is 2. The van der Waals surface area contributed by atoms with E-state index in [4.69, 9.17) is 0 Å². The van der Waals surface area contributed by atoms with Crippen molar-refractivity contribution in [1.29, 1.82) is 0 Å². The van der Waals surface area contributed by atoms with Gasteiger partial charge in [0.2, 0.25) is 0 Å². The molecule has 1 aliphatic carbocycles. The van der Waals surface area contributed by atoms with Crippen LogP contribution < -0.4 is 5.32 Å². The second-order valence-corrected chi connectivity index (χ2v) is 6.00. The number of rotatable bonds is 5. The number of benzene rings is 1. The Labute approximate surface area is 120 Å². The maximum Gasteiger partial charge on any atom is 0.120 e. The van der Waals surface area contributed by atoms with E-state index in [-0.39, 0.29) is 0 Å². The van der Waals surface area contributed by atoms with Crippen LogP contribution in [0.15, 0.2) is 36.7 Å². The molecule has 3 heteroatoms. The van der Waals surface area contributed by atoms with Crippen LogP contribution in [0.5, 0.6) is 0 Å². The zero-order chi connectivity index (χ0) is 13.8.